The quantitative estimate of drug-likeness (QED) is 0.896. The van der Waals surface area contributed by atoms with Crippen molar-refractivity contribution in [2.24, 2.45) is 11.7 Å². The standard InChI is InChI=1S/C15H19N3O/c16-9-11-5-2-4-8-14(11)18-15(19)13-7-3-1-6-12(13)10-17-18/h1,3,6-7,10-11,14H,2,4-5,8-9,16H2. The van der Waals surface area contributed by atoms with Crippen molar-refractivity contribution in [3.8, 4) is 0 Å². The molecule has 0 aliphatic heterocycles. The zero-order chi connectivity index (χ0) is 13.2. The van der Waals surface area contributed by atoms with Crippen molar-refractivity contribution in [2.45, 2.75) is 31.7 Å². The summed E-state index contributed by atoms with van der Waals surface area (Å²) in [6.45, 7) is 0.631. The lowest BCUT2D eigenvalue weighted by molar-refractivity contribution is 0.223. The number of hydrogen-bond donors (Lipinski definition) is 1. The van der Waals surface area contributed by atoms with Gasteiger partial charge in [-0.1, -0.05) is 31.0 Å². The fraction of sp³-hybridized carbons (Fsp3) is 0.467. The van der Waals surface area contributed by atoms with E-state index in [1.165, 1.54) is 6.42 Å². The molecule has 0 amide bonds. The summed E-state index contributed by atoms with van der Waals surface area (Å²) in [5, 5.41) is 6.03. The Hall–Kier alpha value is -1.68. The molecule has 2 atom stereocenters. The molecular weight excluding hydrogens is 238 g/mol. The van der Waals surface area contributed by atoms with E-state index >= 15 is 0 Å². The molecule has 0 radical (unpaired) electrons. The summed E-state index contributed by atoms with van der Waals surface area (Å²) in [7, 11) is 0. The molecule has 2 N–H and O–H groups in total. The van der Waals surface area contributed by atoms with Gasteiger partial charge < -0.3 is 5.73 Å². The number of nitrogens with two attached hydrogens (primary N) is 1. The van der Waals surface area contributed by atoms with Crippen LogP contribution >= 0.6 is 0 Å². The number of benzene rings is 1. The average molecular weight is 257 g/mol. The molecule has 1 aromatic carbocycles. The Morgan fingerprint density at radius 3 is 2.89 bits per heavy atom. The largest absolute Gasteiger partial charge is 0.330 e. The molecule has 2 aromatic rings. The molecule has 0 spiro atoms. The number of rotatable bonds is 2. The minimum absolute atomic E-state index is 0.0171. The number of nitrogens with zero attached hydrogens (tertiary/aromatic N) is 2. The molecule has 19 heavy (non-hydrogen) atoms. The summed E-state index contributed by atoms with van der Waals surface area (Å²) < 4.78 is 1.67. The summed E-state index contributed by atoms with van der Waals surface area (Å²) in [5.41, 5.74) is 5.87. The van der Waals surface area contributed by atoms with Gasteiger partial charge in [0.1, 0.15) is 0 Å². The lowest BCUT2D eigenvalue weighted by Gasteiger charge is -2.31. The van der Waals surface area contributed by atoms with E-state index in [1.807, 2.05) is 24.3 Å². The fourth-order valence-corrected chi connectivity index (χ4v) is 3.13. The molecule has 1 aliphatic rings. The molecule has 1 heterocycles. The Balaban J connectivity index is 2.09. The first kappa shape index (κ1) is 12.4. The second kappa shape index (κ2) is 5.13. The van der Waals surface area contributed by atoms with Crippen molar-refractivity contribution in [2.75, 3.05) is 6.54 Å². The van der Waals surface area contributed by atoms with Gasteiger partial charge in [-0.25, -0.2) is 4.68 Å². The van der Waals surface area contributed by atoms with E-state index in [2.05, 4.69) is 5.10 Å². The minimum Gasteiger partial charge on any atom is -0.330 e. The molecule has 1 aromatic heterocycles. The number of hydrogen-bond acceptors (Lipinski definition) is 3. The second-order valence-electron chi connectivity index (χ2n) is 5.33. The molecule has 1 saturated carbocycles. The molecule has 100 valence electrons. The van der Waals surface area contributed by atoms with Crippen LogP contribution in [0.15, 0.2) is 35.3 Å². The van der Waals surface area contributed by atoms with E-state index in [0.717, 1.165) is 30.0 Å². The predicted octanol–water partition coefficient (Wildman–Crippen LogP) is 2.09. The van der Waals surface area contributed by atoms with Crippen molar-refractivity contribution >= 4 is 10.8 Å². The Morgan fingerprint density at radius 2 is 2.05 bits per heavy atom. The lowest BCUT2D eigenvalue weighted by Crippen LogP contribution is -2.36. The molecule has 0 saturated heterocycles. The van der Waals surface area contributed by atoms with Crippen LogP contribution in [0.4, 0.5) is 0 Å². The smallest absolute Gasteiger partial charge is 0.274 e. The molecule has 1 aliphatic carbocycles. The maximum atomic E-state index is 12.5. The first-order chi connectivity index (χ1) is 9.31. The first-order valence-electron chi connectivity index (χ1n) is 6.98. The van der Waals surface area contributed by atoms with E-state index in [1.54, 1.807) is 10.9 Å². The van der Waals surface area contributed by atoms with Gasteiger partial charge in [-0.3, -0.25) is 4.79 Å². The summed E-state index contributed by atoms with van der Waals surface area (Å²) >= 11 is 0. The number of fused-ring (bicyclic) bond motifs is 1. The van der Waals surface area contributed by atoms with Gasteiger partial charge in [0.2, 0.25) is 0 Å². The third-order valence-electron chi connectivity index (χ3n) is 4.21. The minimum atomic E-state index is 0.0171. The van der Waals surface area contributed by atoms with Crippen molar-refractivity contribution in [1.82, 2.24) is 9.78 Å². The van der Waals surface area contributed by atoms with E-state index in [0.29, 0.717) is 12.5 Å². The van der Waals surface area contributed by atoms with Gasteiger partial charge in [-0.2, -0.15) is 5.10 Å². The zero-order valence-electron chi connectivity index (χ0n) is 11.0. The van der Waals surface area contributed by atoms with Gasteiger partial charge in [0.15, 0.2) is 0 Å². The summed E-state index contributed by atoms with van der Waals surface area (Å²) in [5.74, 6) is 0.375. The highest BCUT2D eigenvalue weighted by Gasteiger charge is 2.27. The third kappa shape index (κ3) is 2.16. The molecule has 1 fully saturated rings. The van der Waals surface area contributed by atoms with E-state index in [-0.39, 0.29) is 11.6 Å². The zero-order valence-corrected chi connectivity index (χ0v) is 11.0. The Morgan fingerprint density at radius 1 is 1.26 bits per heavy atom. The SMILES string of the molecule is NCC1CCCCC1n1ncc2ccccc2c1=O. The Bertz CT molecular complexity index is 635. The van der Waals surface area contributed by atoms with Crippen LogP contribution in [0.25, 0.3) is 10.8 Å². The first-order valence-corrected chi connectivity index (χ1v) is 6.98. The highest BCUT2D eigenvalue weighted by Crippen LogP contribution is 2.31. The van der Waals surface area contributed by atoms with Crippen LogP contribution in [0.1, 0.15) is 31.7 Å². The van der Waals surface area contributed by atoms with Gasteiger partial charge in [0, 0.05) is 5.39 Å². The highest BCUT2D eigenvalue weighted by atomic mass is 16.1. The molecule has 3 rings (SSSR count). The van der Waals surface area contributed by atoms with E-state index in [4.69, 9.17) is 5.73 Å². The van der Waals surface area contributed by atoms with E-state index in [9.17, 15) is 4.79 Å². The number of aromatic nitrogens is 2. The fourth-order valence-electron chi connectivity index (χ4n) is 3.13. The topological polar surface area (TPSA) is 60.9 Å². The maximum absolute atomic E-state index is 12.5. The predicted molar refractivity (Wildman–Crippen MR) is 76.1 cm³/mol. The van der Waals surface area contributed by atoms with Crippen LogP contribution in [0, 0.1) is 5.92 Å². The molecule has 4 nitrogen and oxygen atoms in total. The van der Waals surface area contributed by atoms with Gasteiger partial charge in [0.25, 0.3) is 5.56 Å². The van der Waals surface area contributed by atoms with Crippen LogP contribution in [-0.4, -0.2) is 16.3 Å². The van der Waals surface area contributed by atoms with Crippen LogP contribution in [-0.2, 0) is 0 Å². The van der Waals surface area contributed by atoms with E-state index < -0.39 is 0 Å². The van der Waals surface area contributed by atoms with Crippen molar-refractivity contribution in [1.29, 1.82) is 0 Å². The second-order valence-corrected chi connectivity index (χ2v) is 5.33. The van der Waals surface area contributed by atoms with Crippen molar-refractivity contribution in [3.63, 3.8) is 0 Å². The van der Waals surface area contributed by atoms with Gasteiger partial charge in [0.05, 0.1) is 17.6 Å². The Kier molecular flexibility index (Phi) is 3.34. The van der Waals surface area contributed by atoms with Crippen molar-refractivity contribution < 1.29 is 0 Å². The third-order valence-corrected chi connectivity index (χ3v) is 4.21. The van der Waals surface area contributed by atoms with Gasteiger partial charge in [-0.05, 0) is 31.4 Å². The maximum Gasteiger partial charge on any atom is 0.274 e. The highest BCUT2D eigenvalue weighted by molar-refractivity contribution is 5.80. The molecular formula is C15H19N3O. The van der Waals surface area contributed by atoms with Crippen LogP contribution < -0.4 is 11.3 Å². The molecule has 2 unspecified atom stereocenters. The molecule has 4 heteroatoms. The van der Waals surface area contributed by atoms with Crippen LogP contribution in [0.5, 0.6) is 0 Å². The normalized spacial score (nSPS) is 23.6. The van der Waals surface area contributed by atoms with Crippen molar-refractivity contribution in [3.05, 3.63) is 40.8 Å². The lowest BCUT2D eigenvalue weighted by atomic mass is 9.84. The summed E-state index contributed by atoms with van der Waals surface area (Å²) in [6, 6.07) is 7.79. The average Bonchev–Trinajstić information content (AvgIpc) is 2.48. The van der Waals surface area contributed by atoms with Crippen LogP contribution in [0.2, 0.25) is 0 Å². The molecule has 0 bridgehead atoms. The summed E-state index contributed by atoms with van der Waals surface area (Å²) in [4.78, 5) is 12.5. The van der Waals surface area contributed by atoms with Gasteiger partial charge in [-0.15, -0.1) is 0 Å². The summed E-state index contributed by atoms with van der Waals surface area (Å²) in [6.07, 6.45) is 6.26. The van der Waals surface area contributed by atoms with Crippen LogP contribution in [0.3, 0.4) is 0 Å². The monoisotopic (exact) mass is 257 g/mol. The Labute approximate surface area is 112 Å². The van der Waals surface area contributed by atoms with Gasteiger partial charge >= 0.3 is 0 Å².